The van der Waals surface area contributed by atoms with E-state index in [1.807, 2.05) is 19.1 Å². The van der Waals surface area contributed by atoms with Gasteiger partial charge in [0.05, 0.1) is 11.6 Å². The average molecular weight is 321 g/mol. The molecule has 1 N–H and O–H groups in total. The normalized spacial score (nSPS) is 13.5. The first-order valence-corrected chi connectivity index (χ1v) is 6.81. The number of ether oxygens (including phenoxy) is 1. The lowest BCUT2D eigenvalue weighted by atomic mass is 10.0. The van der Waals surface area contributed by atoms with Crippen LogP contribution in [0.25, 0.3) is 0 Å². The molecule has 0 fully saturated rings. The zero-order valence-corrected chi connectivity index (χ0v) is 13.0. The Morgan fingerprint density at radius 1 is 1.47 bits per heavy atom. The van der Waals surface area contributed by atoms with E-state index in [1.54, 1.807) is 7.11 Å². The van der Waals surface area contributed by atoms with Gasteiger partial charge in [0.1, 0.15) is 5.75 Å². The minimum atomic E-state index is -0.0893. The summed E-state index contributed by atoms with van der Waals surface area (Å²) < 4.78 is 6.16. The minimum Gasteiger partial charge on any atom is -0.496 e. The molecule has 1 atom stereocenters. The number of methoxy groups -OCH3 is 1. The van der Waals surface area contributed by atoms with Gasteiger partial charge in [-0.05, 0) is 54.4 Å². The van der Waals surface area contributed by atoms with Crippen molar-refractivity contribution in [2.24, 2.45) is 0 Å². The predicted molar refractivity (Wildman–Crippen MR) is 76.9 cm³/mol. The number of rotatable bonds is 5. The molecule has 2 nitrogen and oxygen atoms in total. The molecule has 0 bridgehead atoms. The molecule has 0 saturated carbocycles. The summed E-state index contributed by atoms with van der Waals surface area (Å²) in [6, 6.07) is 6.06. The number of halogens is 2. The topological polar surface area (TPSA) is 21.3 Å². The predicted octanol–water partition coefficient (Wildman–Crippen LogP) is 3.95. The maximum Gasteiger partial charge on any atom is 0.133 e. The van der Waals surface area contributed by atoms with Crippen LogP contribution in [0.5, 0.6) is 5.75 Å². The first kappa shape index (κ1) is 14.8. The van der Waals surface area contributed by atoms with Crippen LogP contribution in [0, 0.1) is 0 Å². The van der Waals surface area contributed by atoms with Gasteiger partial charge in [-0.25, -0.2) is 0 Å². The van der Waals surface area contributed by atoms with Crippen molar-refractivity contribution >= 4 is 27.5 Å². The highest BCUT2D eigenvalue weighted by atomic mass is 79.9. The van der Waals surface area contributed by atoms with Crippen molar-refractivity contribution in [3.05, 3.63) is 28.2 Å². The lowest BCUT2D eigenvalue weighted by molar-refractivity contribution is 0.379. The van der Waals surface area contributed by atoms with E-state index in [2.05, 4.69) is 41.2 Å². The summed E-state index contributed by atoms with van der Waals surface area (Å²) in [5.41, 5.74) is 1.11. The van der Waals surface area contributed by atoms with E-state index in [9.17, 15) is 0 Å². The maximum atomic E-state index is 6.12. The lowest BCUT2D eigenvalue weighted by Gasteiger charge is -2.29. The first-order valence-electron chi connectivity index (χ1n) is 5.58. The Morgan fingerprint density at radius 3 is 2.59 bits per heavy atom. The zero-order chi connectivity index (χ0) is 13.1. The van der Waals surface area contributed by atoms with Crippen molar-refractivity contribution in [3.8, 4) is 5.75 Å². The Labute approximate surface area is 117 Å². The van der Waals surface area contributed by atoms with Crippen molar-refractivity contribution in [1.29, 1.82) is 0 Å². The number of alkyl halides is 1. The first-order chi connectivity index (χ1) is 7.86. The Bertz CT molecular complexity index is 380. The van der Waals surface area contributed by atoms with Crippen LogP contribution in [0.4, 0.5) is 0 Å². The monoisotopic (exact) mass is 319 g/mol. The molecule has 0 heterocycles. The number of benzene rings is 1. The van der Waals surface area contributed by atoms with Crippen LogP contribution in [0.3, 0.4) is 0 Å². The summed E-state index contributed by atoms with van der Waals surface area (Å²) in [5, 5.41) is 3.52. The second-order valence-electron chi connectivity index (χ2n) is 4.66. The molecule has 0 radical (unpaired) electrons. The highest BCUT2D eigenvalue weighted by Crippen LogP contribution is 2.26. The van der Waals surface area contributed by atoms with E-state index in [4.69, 9.17) is 16.3 Å². The van der Waals surface area contributed by atoms with Crippen molar-refractivity contribution in [2.75, 3.05) is 7.11 Å². The molecule has 0 amide bonds. The van der Waals surface area contributed by atoms with E-state index < -0.39 is 0 Å². The molecule has 17 heavy (non-hydrogen) atoms. The van der Waals surface area contributed by atoms with Gasteiger partial charge in [0.15, 0.2) is 0 Å². The molecule has 1 unspecified atom stereocenters. The van der Waals surface area contributed by atoms with Gasteiger partial charge in [-0.2, -0.15) is 0 Å². The van der Waals surface area contributed by atoms with Crippen LogP contribution in [-0.4, -0.2) is 18.0 Å². The van der Waals surface area contributed by atoms with Gasteiger partial charge >= 0.3 is 0 Å². The molecular weight excluding hydrogens is 302 g/mol. The summed E-state index contributed by atoms with van der Waals surface area (Å²) >= 11 is 9.60. The molecule has 0 saturated heterocycles. The third kappa shape index (κ3) is 4.16. The zero-order valence-electron chi connectivity index (χ0n) is 10.7. The van der Waals surface area contributed by atoms with Gasteiger partial charge in [-0.3, -0.25) is 0 Å². The van der Waals surface area contributed by atoms with E-state index in [1.165, 1.54) is 5.56 Å². The molecule has 1 aromatic rings. The van der Waals surface area contributed by atoms with E-state index in [0.717, 1.165) is 16.8 Å². The molecule has 4 heteroatoms. The Hall–Kier alpha value is -0.250. The van der Waals surface area contributed by atoms with Crippen molar-refractivity contribution in [3.63, 3.8) is 0 Å². The lowest BCUT2D eigenvalue weighted by Crippen LogP contribution is -2.45. The van der Waals surface area contributed by atoms with Crippen LogP contribution < -0.4 is 10.1 Å². The van der Waals surface area contributed by atoms with Crippen LogP contribution >= 0.6 is 27.5 Å². The summed E-state index contributed by atoms with van der Waals surface area (Å²) in [6.07, 6.45) is 0. The summed E-state index contributed by atoms with van der Waals surface area (Å²) in [6.45, 7) is 6.98. The van der Waals surface area contributed by atoms with E-state index in [-0.39, 0.29) is 10.9 Å². The Balaban J connectivity index is 2.67. The molecule has 0 aliphatic rings. The summed E-state index contributed by atoms with van der Waals surface area (Å²) in [7, 11) is 1.66. The highest BCUT2D eigenvalue weighted by Gasteiger charge is 2.22. The van der Waals surface area contributed by atoms with Crippen molar-refractivity contribution in [2.45, 2.75) is 38.2 Å². The van der Waals surface area contributed by atoms with E-state index in [0.29, 0.717) is 0 Å². The highest BCUT2D eigenvalue weighted by molar-refractivity contribution is 9.10. The van der Waals surface area contributed by atoms with Crippen molar-refractivity contribution < 1.29 is 4.74 Å². The summed E-state index contributed by atoms with van der Waals surface area (Å²) in [4.78, 5) is 0. The van der Waals surface area contributed by atoms with Crippen LogP contribution in [0.2, 0.25) is 0 Å². The quantitative estimate of drug-likeness (QED) is 0.829. The van der Waals surface area contributed by atoms with Gasteiger partial charge in [-0.15, -0.1) is 11.6 Å². The summed E-state index contributed by atoms with van der Waals surface area (Å²) in [5.74, 6) is 0.846. The van der Waals surface area contributed by atoms with Gasteiger partial charge in [0.25, 0.3) is 0 Å². The molecule has 1 rings (SSSR count). The molecule has 0 aromatic heterocycles. The Kier molecular flexibility index (Phi) is 5.29. The van der Waals surface area contributed by atoms with Crippen LogP contribution in [0.15, 0.2) is 22.7 Å². The largest absolute Gasteiger partial charge is 0.496 e. The van der Waals surface area contributed by atoms with Gasteiger partial charge in [0.2, 0.25) is 0 Å². The van der Waals surface area contributed by atoms with Crippen LogP contribution in [0.1, 0.15) is 26.3 Å². The second kappa shape index (κ2) is 6.07. The van der Waals surface area contributed by atoms with Gasteiger partial charge < -0.3 is 10.1 Å². The average Bonchev–Trinajstić information content (AvgIpc) is 2.26. The van der Waals surface area contributed by atoms with E-state index >= 15 is 0 Å². The fraction of sp³-hybridized carbons (Fsp3) is 0.538. The molecule has 0 spiro atoms. The Morgan fingerprint density at radius 2 is 2.12 bits per heavy atom. The standard InChI is InChI=1S/C13H19BrClNO/c1-9(15)13(2,3)16-8-10-5-6-12(17-4)11(14)7-10/h5-7,9,16H,8H2,1-4H3. The fourth-order valence-electron chi connectivity index (χ4n) is 1.29. The third-order valence-corrected chi connectivity index (χ3v) is 4.12. The molecule has 96 valence electrons. The number of hydrogen-bond donors (Lipinski definition) is 1. The number of nitrogens with one attached hydrogen (secondary N) is 1. The molecule has 1 aromatic carbocycles. The minimum absolute atomic E-state index is 0.0733. The van der Waals surface area contributed by atoms with Gasteiger partial charge in [-0.1, -0.05) is 6.07 Å². The van der Waals surface area contributed by atoms with Crippen LogP contribution in [-0.2, 0) is 6.54 Å². The maximum absolute atomic E-state index is 6.12. The fourth-order valence-corrected chi connectivity index (χ4v) is 1.96. The molecule has 0 aliphatic carbocycles. The van der Waals surface area contributed by atoms with Crippen molar-refractivity contribution in [1.82, 2.24) is 5.32 Å². The number of hydrogen-bond acceptors (Lipinski definition) is 2. The second-order valence-corrected chi connectivity index (χ2v) is 6.17. The molecular formula is C13H19BrClNO. The SMILES string of the molecule is COc1ccc(CNC(C)(C)C(C)Cl)cc1Br. The third-order valence-electron chi connectivity index (χ3n) is 2.96. The smallest absolute Gasteiger partial charge is 0.133 e. The molecule has 0 aliphatic heterocycles. The van der Waals surface area contributed by atoms with Gasteiger partial charge in [0, 0.05) is 17.5 Å².